The summed E-state index contributed by atoms with van der Waals surface area (Å²) < 4.78 is 10.5. The van der Waals surface area contributed by atoms with Gasteiger partial charge in [-0.3, -0.25) is 4.79 Å². The van der Waals surface area contributed by atoms with Gasteiger partial charge in [-0.2, -0.15) is 5.26 Å². The van der Waals surface area contributed by atoms with E-state index in [4.69, 9.17) is 14.7 Å². The normalized spacial score (nSPS) is 9.97. The fourth-order valence-corrected chi connectivity index (χ4v) is 2.60. The zero-order valence-electron chi connectivity index (χ0n) is 16.0. The van der Waals surface area contributed by atoms with E-state index >= 15 is 0 Å². The van der Waals surface area contributed by atoms with Gasteiger partial charge in [-0.25, -0.2) is 9.97 Å². The number of anilines is 2. The largest absolute Gasteiger partial charge is 0.493 e. The molecule has 1 heterocycles. The molecule has 0 aliphatic heterocycles. The molecule has 0 aliphatic rings. The van der Waals surface area contributed by atoms with E-state index in [1.165, 1.54) is 12.3 Å². The van der Waals surface area contributed by atoms with E-state index in [2.05, 4.69) is 20.6 Å². The van der Waals surface area contributed by atoms with E-state index < -0.39 is 5.91 Å². The van der Waals surface area contributed by atoms with Crippen molar-refractivity contribution < 1.29 is 14.3 Å². The first kappa shape index (κ1) is 19.6. The van der Waals surface area contributed by atoms with E-state index in [9.17, 15) is 4.79 Å². The Kier molecular flexibility index (Phi) is 6.22. The Morgan fingerprint density at radius 3 is 2.69 bits per heavy atom. The van der Waals surface area contributed by atoms with Crippen molar-refractivity contribution in [3.05, 3.63) is 71.5 Å². The van der Waals surface area contributed by atoms with Crippen LogP contribution in [-0.4, -0.2) is 30.1 Å². The molecule has 146 valence electrons. The SMILES string of the molecule is COc1ccc(CNc2nccc(C(=O)Nc3cccc(C#N)c3)n2)cc1OC. The number of methoxy groups -OCH3 is 2. The maximum absolute atomic E-state index is 12.5. The number of nitriles is 1. The Balaban J connectivity index is 1.67. The van der Waals surface area contributed by atoms with Crippen LogP contribution >= 0.6 is 0 Å². The molecule has 0 bridgehead atoms. The van der Waals surface area contributed by atoms with Crippen molar-refractivity contribution in [2.45, 2.75) is 6.54 Å². The lowest BCUT2D eigenvalue weighted by Crippen LogP contribution is -2.15. The van der Waals surface area contributed by atoms with Crippen molar-refractivity contribution in [1.29, 1.82) is 5.26 Å². The average Bonchev–Trinajstić information content (AvgIpc) is 2.77. The van der Waals surface area contributed by atoms with Crippen molar-refractivity contribution >= 4 is 17.5 Å². The summed E-state index contributed by atoms with van der Waals surface area (Å²) in [7, 11) is 3.16. The molecule has 0 saturated heterocycles. The van der Waals surface area contributed by atoms with Crippen LogP contribution in [0.2, 0.25) is 0 Å². The molecule has 0 fully saturated rings. The maximum Gasteiger partial charge on any atom is 0.274 e. The Morgan fingerprint density at radius 2 is 1.93 bits per heavy atom. The van der Waals surface area contributed by atoms with Gasteiger partial charge in [-0.15, -0.1) is 0 Å². The number of benzene rings is 2. The molecular weight excluding hydrogens is 370 g/mol. The summed E-state index contributed by atoms with van der Waals surface area (Å²) in [6, 6.07) is 15.8. The molecule has 8 nitrogen and oxygen atoms in total. The van der Waals surface area contributed by atoms with E-state index in [-0.39, 0.29) is 5.69 Å². The number of amides is 1. The van der Waals surface area contributed by atoms with Gasteiger partial charge in [-0.05, 0) is 42.0 Å². The third kappa shape index (κ3) is 4.99. The predicted octanol–water partition coefficient (Wildman–Crippen LogP) is 3.23. The third-order valence-electron chi connectivity index (χ3n) is 4.04. The van der Waals surface area contributed by atoms with Gasteiger partial charge in [0.1, 0.15) is 5.69 Å². The molecule has 1 amide bonds. The van der Waals surface area contributed by atoms with Crippen LogP contribution in [0.4, 0.5) is 11.6 Å². The van der Waals surface area contributed by atoms with Crippen molar-refractivity contribution in [1.82, 2.24) is 9.97 Å². The van der Waals surface area contributed by atoms with Crippen molar-refractivity contribution in [2.75, 3.05) is 24.9 Å². The minimum Gasteiger partial charge on any atom is -0.493 e. The standard InChI is InChI=1S/C21H19N5O3/c1-28-18-7-6-15(11-19(18)29-2)13-24-21-23-9-8-17(26-21)20(27)25-16-5-3-4-14(10-16)12-22/h3-11H,13H2,1-2H3,(H,25,27)(H,23,24,26). The minimum absolute atomic E-state index is 0.206. The molecule has 2 aromatic carbocycles. The summed E-state index contributed by atoms with van der Waals surface area (Å²) in [5, 5.41) is 14.8. The number of rotatable bonds is 7. The Labute approximate surface area is 168 Å². The van der Waals surface area contributed by atoms with Crippen LogP contribution in [0.15, 0.2) is 54.7 Å². The smallest absolute Gasteiger partial charge is 0.274 e. The lowest BCUT2D eigenvalue weighted by Gasteiger charge is -2.11. The lowest BCUT2D eigenvalue weighted by atomic mass is 10.2. The van der Waals surface area contributed by atoms with Gasteiger partial charge in [0, 0.05) is 18.4 Å². The first-order chi connectivity index (χ1) is 14.1. The molecule has 0 saturated carbocycles. The number of nitrogens with one attached hydrogen (secondary N) is 2. The van der Waals surface area contributed by atoms with Crippen molar-refractivity contribution in [2.24, 2.45) is 0 Å². The Hall–Kier alpha value is -4.12. The van der Waals surface area contributed by atoms with Gasteiger partial charge >= 0.3 is 0 Å². The number of carbonyl (C=O) groups is 1. The van der Waals surface area contributed by atoms with Gasteiger partial charge in [0.15, 0.2) is 11.5 Å². The van der Waals surface area contributed by atoms with Crippen LogP contribution < -0.4 is 20.1 Å². The molecule has 2 N–H and O–H groups in total. The zero-order chi connectivity index (χ0) is 20.6. The maximum atomic E-state index is 12.5. The third-order valence-corrected chi connectivity index (χ3v) is 4.04. The van der Waals surface area contributed by atoms with Crippen LogP contribution in [0.3, 0.4) is 0 Å². The van der Waals surface area contributed by atoms with Crippen LogP contribution in [0, 0.1) is 11.3 Å². The molecule has 29 heavy (non-hydrogen) atoms. The quantitative estimate of drug-likeness (QED) is 0.638. The first-order valence-electron chi connectivity index (χ1n) is 8.72. The van der Waals surface area contributed by atoms with E-state index in [1.807, 2.05) is 24.3 Å². The minimum atomic E-state index is -0.392. The first-order valence-corrected chi connectivity index (χ1v) is 8.72. The molecule has 1 aromatic heterocycles. The molecule has 0 unspecified atom stereocenters. The highest BCUT2D eigenvalue weighted by molar-refractivity contribution is 6.03. The molecule has 3 rings (SSSR count). The Morgan fingerprint density at radius 1 is 1.10 bits per heavy atom. The van der Waals surface area contributed by atoms with Crippen LogP contribution in [0.1, 0.15) is 21.6 Å². The summed E-state index contributed by atoms with van der Waals surface area (Å²) >= 11 is 0. The van der Waals surface area contributed by atoms with E-state index in [0.717, 1.165) is 5.56 Å². The van der Waals surface area contributed by atoms with Crippen LogP contribution in [0.25, 0.3) is 0 Å². The van der Waals surface area contributed by atoms with Crippen molar-refractivity contribution in [3.63, 3.8) is 0 Å². The molecule has 0 radical (unpaired) electrons. The highest BCUT2D eigenvalue weighted by Crippen LogP contribution is 2.27. The number of carbonyl (C=O) groups excluding carboxylic acids is 1. The van der Waals surface area contributed by atoms with E-state index in [0.29, 0.717) is 35.2 Å². The van der Waals surface area contributed by atoms with Gasteiger partial charge < -0.3 is 20.1 Å². The lowest BCUT2D eigenvalue weighted by molar-refractivity contribution is 0.102. The highest BCUT2D eigenvalue weighted by Gasteiger charge is 2.10. The second-order valence-electron chi connectivity index (χ2n) is 5.96. The summed E-state index contributed by atoms with van der Waals surface area (Å²) in [5.74, 6) is 1.20. The average molecular weight is 389 g/mol. The molecule has 0 aliphatic carbocycles. The van der Waals surface area contributed by atoms with E-state index in [1.54, 1.807) is 38.5 Å². The number of aromatic nitrogens is 2. The Bertz CT molecular complexity index is 1060. The number of hydrogen-bond donors (Lipinski definition) is 2. The highest BCUT2D eigenvalue weighted by atomic mass is 16.5. The van der Waals surface area contributed by atoms with Gasteiger partial charge in [-0.1, -0.05) is 12.1 Å². The zero-order valence-corrected chi connectivity index (χ0v) is 16.0. The molecule has 0 atom stereocenters. The number of nitrogens with zero attached hydrogens (tertiary/aromatic N) is 3. The van der Waals surface area contributed by atoms with Gasteiger partial charge in [0.25, 0.3) is 5.91 Å². The van der Waals surface area contributed by atoms with Gasteiger partial charge in [0.05, 0.1) is 25.9 Å². The summed E-state index contributed by atoms with van der Waals surface area (Å²) in [5.41, 5.74) is 2.13. The molecular formula is C21H19N5O3. The van der Waals surface area contributed by atoms with Crippen LogP contribution in [-0.2, 0) is 6.54 Å². The second-order valence-corrected chi connectivity index (χ2v) is 5.96. The number of ether oxygens (including phenoxy) is 2. The van der Waals surface area contributed by atoms with Crippen molar-refractivity contribution in [3.8, 4) is 17.6 Å². The molecule has 3 aromatic rings. The predicted molar refractivity (Wildman–Crippen MR) is 108 cm³/mol. The topological polar surface area (TPSA) is 109 Å². The fourth-order valence-electron chi connectivity index (χ4n) is 2.60. The summed E-state index contributed by atoms with van der Waals surface area (Å²) in [6.07, 6.45) is 1.50. The molecule has 8 heteroatoms. The monoisotopic (exact) mass is 389 g/mol. The van der Waals surface area contributed by atoms with Crippen LogP contribution in [0.5, 0.6) is 11.5 Å². The molecule has 0 spiro atoms. The van der Waals surface area contributed by atoms with Gasteiger partial charge in [0.2, 0.25) is 5.95 Å². The summed E-state index contributed by atoms with van der Waals surface area (Å²) in [6.45, 7) is 0.440. The number of hydrogen-bond acceptors (Lipinski definition) is 7. The second kappa shape index (κ2) is 9.19. The fraction of sp³-hybridized carbons (Fsp3) is 0.143. The summed E-state index contributed by atoms with van der Waals surface area (Å²) in [4.78, 5) is 20.8.